The molecule has 2 aliphatic heterocycles. The van der Waals surface area contributed by atoms with E-state index in [1.54, 1.807) is 6.92 Å². The molecule has 0 aromatic carbocycles. The average molecular weight is 256 g/mol. The Labute approximate surface area is 111 Å². The predicted octanol–water partition coefficient (Wildman–Crippen LogP) is 1.65. The van der Waals surface area contributed by atoms with Crippen LogP contribution in [0.5, 0.6) is 0 Å². The van der Waals surface area contributed by atoms with Crippen molar-refractivity contribution < 1.29 is 4.79 Å². The molecule has 1 amide bonds. The zero-order valence-electron chi connectivity index (χ0n) is 11.1. The van der Waals surface area contributed by atoms with Crippen molar-refractivity contribution in [3.05, 3.63) is 29.2 Å². The number of carbonyl (C=O) groups excluding carboxylic acids is 1. The summed E-state index contributed by atoms with van der Waals surface area (Å²) in [4.78, 5) is 18.3. The maximum absolute atomic E-state index is 11.8. The SMILES string of the molecule is CC(=O)N1[C@@H]2CC[C@@H]1c1cnc3cc(C)nn3c1C2. The fourth-order valence-corrected chi connectivity index (χ4v) is 3.68. The largest absolute Gasteiger partial charge is 0.332 e. The Morgan fingerprint density at radius 3 is 3.05 bits per heavy atom. The number of aryl methyl sites for hydroxylation is 1. The van der Waals surface area contributed by atoms with Gasteiger partial charge < -0.3 is 4.90 Å². The Hall–Kier alpha value is -1.91. The Kier molecular flexibility index (Phi) is 2.05. The summed E-state index contributed by atoms with van der Waals surface area (Å²) in [7, 11) is 0. The number of carbonyl (C=O) groups is 1. The van der Waals surface area contributed by atoms with E-state index in [0.29, 0.717) is 6.04 Å². The second kappa shape index (κ2) is 3.56. The number of amides is 1. The van der Waals surface area contributed by atoms with Crippen molar-refractivity contribution in [2.24, 2.45) is 0 Å². The number of aromatic nitrogens is 3. The van der Waals surface area contributed by atoms with Crippen LogP contribution in [0, 0.1) is 6.92 Å². The van der Waals surface area contributed by atoms with Gasteiger partial charge in [-0.15, -0.1) is 0 Å². The smallest absolute Gasteiger partial charge is 0.220 e. The topological polar surface area (TPSA) is 50.5 Å². The van der Waals surface area contributed by atoms with E-state index >= 15 is 0 Å². The van der Waals surface area contributed by atoms with E-state index in [1.807, 2.05) is 28.6 Å². The van der Waals surface area contributed by atoms with Gasteiger partial charge in [-0.05, 0) is 19.8 Å². The molecule has 0 unspecified atom stereocenters. The van der Waals surface area contributed by atoms with Gasteiger partial charge in [-0.3, -0.25) is 4.79 Å². The first-order chi connectivity index (χ1) is 9.15. The van der Waals surface area contributed by atoms with Crippen LogP contribution >= 0.6 is 0 Å². The minimum Gasteiger partial charge on any atom is -0.332 e. The van der Waals surface area contributed by atoms with E-state index in [0.717, 1.165) is 30.6 Å². The van der Waals surface area contributed by atoms with E-state index < -0.39 is 0 Å². The number of rotatable bonds is 0. The molecule has 19 heavy (non-hydrogen) atoms. The summed E-state index contributed by atoms with van der Waals surface area (Å²) in [6.07, 6.45) is 4.96. The summed E-state index contributed by atoms with van der Waals surface area (Å²) in [6, 6.07) is 2.54. The second-order valence-corrected chi connectivity index (χ2v) is 5.59. The van der Waals surface area contributed by atoms with E-state index in [4.69, 9.17) is 0 Å². The normalized spacial score (nSPS) is 24.8. The molecule has 5 nitrogen and oxygen atoms in total. The molecule has 98 valence electrons. The molecule has 0 spiro atoms. The van der Waals surface area contributed by atoms with Gasteiger partial charge in [0.05, 0.1) is 17.4 Å². The molecule has 0 aliphatic carbocycles. The molecular formula is C14H16N4O. The summed E-state index contributed by atoms with van der Waals surface area (Å²) in [5.74, 6) is 0.176. The Balaban J connectivity index is 1.94. The highest BCUT2D eigenvalue weighted by atomic mass is 16.2. The minimum atomic E-state index is 0.176. The first-order valence-corrected chi connectivity index (χ1v) is 6.78. The van der Waals surface area contributed by atoms with Gasteiger partial charge >= 0.3 is 0 Å². The number of nitrogens with zero attached hydrogens (tertiary/aromatic N) is 4. The molecule has 0 saturated carbocycles. The molecule has 1 fully saturated rings. The molecule has 2 aliphatic rings. The predicted molar refractivity (Wildman–Crippen MR) is 69.7 cm³/mol. The highest BCUT2D eigenvalue weighted by Crippen LogP contribution is 2.43. The van der Waals surface area contributed by atoms with Crippen LogP contribution in [-0.4, -0.2) is 31.4 Å². The third-order valence-electron chi connectivity index (χ3n) is 4.39. The Morgan fingerprint density at radius 1 is 1.42 bits per heavy atom. The standard InChI is InChI=1S/C14H16N4O/c1-8-5-14-15-7-11-12-4-3-10(17(12)9(2)19)6-13(11)18(14)16-8/h5,7,10,12H,3-4,6H2,1-2H3/t10-,12-/m1/s1. The van der Waals surface area contributed by atoms with Gasteiger partial charge in [0.25, 0.3) is 0 Å². The van der Waals surface area contributed by atoms with Crippen LogP contribution in [0.25, 0.3) is 5.65 Å². The molecular weight excluding hydrogens is 240 g/mol. The lowest BCUT2D eigenvalue weighted by Gasteiger charge is -2.35. The summed E-state index contributed by atoms with van der Waals surface area (Å²) in [5, 5.41) is 4.54. The van der Waals surface area contributed by atoms with Crippen molar-refractivity contribution in [1.82, 2.24) is 19.5 Å². The zero-order chi connectivity index (χ0) is 13.1. The van der Waals surface area contributed by atoms with E-state index in [2.05, 4.69) is 10.1 Å². The first kappa shape index (κ1) is 11.0. The second-order valence-electron chi connectivity index (χ2n) is 5.59. The lowest BCUT2D eigenvalue weighted by Crippen LogP contribution is -2.41. The summed E-state index contributed by atoms with van der Waals surface area (Å²) in [6.45, 7) is 3.65. The number of hydrogen-bond donors (Lipinski definition) is 0. The van der Waals surface area contributed by atoms with Gasteiger partial charge in [0.15, 0.2) is 5.65 Å². The molecule has 2 aromatic rings. The van der Waals surface area contributed by atoms with Gasteiger partial charge in [0, 0.05) is 37.2 Å². The molecule has 2 atom stereocenters. The lowest BCUT2D eigenvalue weighted by atomic mass is 9.99. The third kappa shape index (κ3) is 1.38. The Morgan fingerprint density at radius 2 is 2.26 bits per heavy atom. The summed E-state index contributed by atoms with van der Waals surface area (Å²) < 4.78 is 1.97. The number of hydrogen-bond acceptors (Lipinski definition) is 3. The molecule has 2 aromatic heterocycles. The minimum absolute atomic E-state index is 0.176. The van der Waals surface area contributed by atoms with Gasteiger partial charge in [-0.25, -0.2) is 9.50 Å². The van der Waals surface area contributed by atoms with Crippen LogP contribution in [0.2, 0.25) is 0 Å². The zero-order valence-corrected chi connectivity index (χ0v) is 11.1. The van der Waals surface area contributed by atoms with Crippen molar-refractivity contribution in [3.63, 3.8) is 0 Å². The van der Waals surface area contributed by atoms with Crippen molar-refractivity contribution in [2.75, 3.05) is 0 Å². The van der Waals surface area contributed by atoms with Crippen molar-refractivity contribution >= 4 is 11.6 Å². The monoisotopic (exact) mass is 256 g/mol. The van der Waals surface area contributed by atoms with Gasteiger partial charge in [-0.1, -0.05) is 0 Å². The van der Waals surface area contributed by atoms with Crippen molar-refractivity contribution in [3.8, 4) is 0 Å². The first-order valence-electron chi connectivity index (χ1n) is 6.78. The van der Waals surface area contributed by atoms with Gasteiger partial charge in [-0.2, -0.15) is 5.10 Å². The van der Waals surface area contributed by atoms with Crippen LogP contribution < -0.4 is 0 Å². The highest BCUT2D eigenvalue weighted by molar-refractivity contribution is 5.75. The quantitative estimate of drug-likeness (QED) is 0.720. The van der Waals surface area contributed by atoms with Crippen LogP contribution in [0.1, 0.15) is 42.8 Å². The van der Waals surface area contributed by atoms with E-state index in [1.165, 1.54) is 11.3 Å². The fraction of sp³-hybridized carbons (Fsp3) is 0.500. The van der Waals surface area contributed by atoms with Crippen molar-refractivity contribution in [1.29, 1.82) is 0 Å². The number of fused-ring (bicyclic) bond motifs is 6. The van der Waals surface area contributed by atoms with Gasteiger partial charge in [0.2, 0.25) is 5.91 Å². The molecule has 4 rings (SSSR count). The highest BCUT2D eigenvalue weighted by Gasteiger charge is 2.42. The molecule has 1 saturated heterocycles. The van der Waals surface area contributed by atoms with E-state index in [-0.39, 0.29) is 11.9 Å². The fourth-order valence-electron chi connectivity index (χ4n) is 3.68. The molecule has 0 radical (unpaired) electrons. The molecule has 2 bridgehead atoms. The summed E-state index contributed by atoms with van der Waals surface area (Å²) in [5.41, 5.74) is 4.32. The van der Waals surface area contributed by atoms with Crippen LogP contribution in [0.3, 0.4) is 0 Å². The van der Waals surface area contributed by atoms with Crippen LogP contribution in [-0.2, 0) is 11.2 Å². The van der Waals surface area contributed by atoms with E-state index in [9.17, 15) is 4.79 Å². The third-order valence-corrected chi connectivity index (χ3v) is 4.39. The molecule has 5 heteroatoms. The Bertz CT molecular complexity index is 690. The molecule has 0 N–H and O–H groups in total. The maximum Gasteiger partial charge on any atom is 0.220 e. The molecule has 4 heterocycles. The average Bonchev–Trinajstić information content (AvgIpc) is 2.89. The van der Waals surface area contributed by atoms with Gasteiger partial charge in [0.1, 0.15) is 0 Å². The lowest BCUT2D eigenvalue weighted by molar-refractivity contribution is -0.132. The maximum atomic E-state index is 11.8. The van der Waals surface area contributed by atoms with Crippen LogP contribution in [0.4, 0.5) is 0 Å². The summed E-state index contributed by atoms with van der Waals surface area (Å²) >= 11 is 0. The van der Waals surface area contributed by atoms with Crippen LogP contribution in [0.15, 0.2) is 12.3 Å². The van der Waals surface area contributed by atoms with Crippen molar-refractivity contribution in [2.45, 2.75) is 45.2 Å².